The van der Waals surface area contributed by atoms with Crippen LogP contribution in [0, 0.1) is 5.82 Å². The number of amides is 1. The minimum atomic E-state index is -0.635. The van der Waals surface area contributed by atoms with Gasteiger partial charge in [-0.3, -0.25) is 4.79 Å². The summed E-state index contributed by atoms with van der Waals surface area (Å²) in [5.41, 5.74) is 0.840. The van der Waals surface area contributed by atoms with Gasteiger partial charge in [-0.1, -0.05) is 42.5 Å². The molecule has 3 rings (SSSR count). The van der Waals surface area contributed by atoms with Crippen molar-refractivity contribution in [2.45, 2.75) is 26.0 Å². The average Bonchev–Trinajstić information content (AvgIpc) is 2.62. The van der Waals surface area contributed by atoms with Gasteiger partial charge in [-0.05, 0) is 54.4 Å². The zero-order valence-corrected chi connectivity index (χ0v) is 14.2. The molecule has 1 N–H and O–H groups in total. The van der Waals surface area contributed by atoms with Crippen LogP contribution in [0.15, 0.2) is 66.7 Å². The van der Waals surface area contributed by atoms with Gasteiger partial charge in [0, 0.05) is 0 Å². The highest BCUT2D eigenvalue weighted by atomic mass is 19.1. The van der Waals surface area contributed by atoms with E-state index >= 15 is 0 Å². The number of carbonyl (C=O) groups is 1. The summed E-state index contributed by atoms with van der Waals surface area (Å²) in [7, 11) is 0. The van der Waals surface area contributed by atoms with Crippen LogP contribution in [-0.4, -0.2) is 12.0 Å². The van der Waals surface area contributed by atoms with Gasteiger partial charge in [-0.25, -0.2) is 4.39 Å². The molecule has 0 spiro atoms. The second kappa shape index (κ2) is 7.34. The lowest BCUT2D eigenvalue weighted by Crippen LogP contribution is -2.37. The highest BCUT2D eigenvalue weighted by molar-refractivity contribution is 5.84. The molecule has 3 nitrogen and oxygen atoms in total. The molecule has 0 saturated heterocycles. The summed E-state index contributed by atoms with van der Waals surface area (Å²) in [6.07, 6.45) is -0.635. The van der Waals surface area contributed by atoms with Gasteiger partial charge in [-0.15, -0.1) is 0 Å². The molecule has 0 bridgehead atoms. The number of hydrogen-bond donors (Lipinski definition) is 1. The first-order valence-corrected chi connectivity index (χ1v) is 8.24. The van der Waals surface area contributed by atoms with Crippen molar-refractivity contribution in [1.29, 1.82) is 0 Å². The Morgan fingerprint density at radius 3 is 2.36 bits per heavy atom. The van der Waals surface area contributed by atoms with Crippen LogP contribution in [0.3, 0.4) is 0 Å². The van der Waals surface area contributed by atoms with Crippen molar-refractivity contribution in [2.24, 2.45) is 0 Å². The van der Waals surface area contributed by atoms with Gasteiger partial charge in [0.2, 0.25) is 0 Å². The van der Waals surface area contributed by atoms with Crippen molar-refractivity contribution in [2.75, 3.05) is 0 Å². The van der Waals surface area contributed by atoms with E-state index in [0.717, 1.165) is 16.3 Å². The van der Waals surface area contributed by atoms with Crippen LogP contribution in [0.5, 0.6) is 5.75 Å². The van der Waals surface area contributed by atoms with E-state index in [2.05, 4.69) is 5.32 Å². The Morgan fingerprint density at radius 1 is 0.960 bits per heavy atom. The summed E-state index contributed by atoms with van der Waals surface area (Å²) in [4.78, 5) is 12.4. The zero-order valence-electron chi connectivity index (χ0n) is 14.2. The molecule has 1 amide bonds. The maximum atomic E-state index is 13.0. The third-order valence-electron chi connectivity index (χ3n) is 4.13. The molecule has 3 aromatic rings. The Kier molecular flexibility index (Phi) is 4.98. The van der Waals surface area contributed by atoms with Crippen LogP contribution in [0.25, 0.3) is 10.8 Å². The van der Waals surface area contributed by atoms with Crippen LogP contribution in [0.1, 0.15) is 25.5 Å². The second-order valence-corrected chi connectivity index (χ2v) is 6.05. The lowest BCUT2D eigenvalue weighted by molar-refractivity contribution is -0.127. The monoisotopic (exact) mass is 337 g/mol. The quantitative estimate of drug-likeness (QED) is 0.737. The van der Waals surface area contributed by atoms with Crippen molar-refractivity contribution in [3.05, 3.63) is 78.1 Å². The van der Waals surface area contributed by atoms with Crippen LogP contribution >= 0.6 is 0 Å². The van der Waals surface area contributed by atoms with Crippen LogP contribution in [-0.2, 0) is 4.79 Å². The third-order valence-corrected chi connectivity index (χ3v) is 4.13. The number of ether oxygens (including phenoxy) is 1. The number of nitrogens with one attached hydrogen (secondary N) is 1. The molecule has 128 valence electrons. The number of hydrogen-bond acceptors (Lipinski definition) is 2. The van der Waals surface area contributed by atoms with Crippen LogP contribution in [0.2, 0.25) is 0 Å². The van der Waals surface area contributed by atoms with E-state index in [1.54, 1.807) is 19.1 Å². The van der Waals surface area contributed by atoms with Gasteiger partial charge in [0.25, 0.3) is 5.91 Å². The fourth-order valence-corrected chi connectivity index (χ4v) is 2.66. The second-order valence-electron chi connectivity index (χ2n) is 6.05. The fraction of sp³-hybridized carbons (Fsp3) is 0.190. The Bertz CT molecular complexity index is 876. The molecule has 0 aliphatic rings. The predicted octanol–water partition coefficient (Wildman–Crippen LogP) is 4.62. The summed E-state index contributed by atoms with van der Waals surface area (Å²) in [5.74, 6) is 0.135. The number of rotatable bonds is 5. The molecule has 2 atom stereocenters. The Hall–Kier alpha value is -2.88. The minimum absolute atomic E-state index is 0.218. The SMILES string of the molecule is C[C@H](NC(=O)[C@@H](C)Oc1ccc2ccccc2c1)c1ccc(F)cc1. The maximum Gasteiger partial charge on any atom is 0.261 e. The molecule has 0 radical (unpaired) electrons. The molecule has 3 aromatic carbocycles. The van der Waals surface area contributed by atoms with E-state index in [-0.39, 0.29) is 17.8 Å². The number of carbonyl (C=O) groups excluding carboxylic acids is 1. The van der Waals surface area contributed by atoms with E-state index in [1.165, 1.54) is 12.1 Å². The van der Waals surface area contributed by atoms with E-state index < -0.39 is 6.10 Å². The summed E-state index contributed by atoms with van der Waals surface area (Å²) >= 11 is 0. The normalized spacial score (nSPS) is 13.2. The zero-order chi connectivity index (χ0) is 17.8. The van der Waals surface area contributed by atoms with E-state index in [1.807, 2.05) is 49.4 Å². The highest BCUT2D eigenvalue weighted by Crippen LogP contribution is 2.21. The first-order valence-electron chi connectivity index (χ1n) is 8.24. The molecule has 0 saturated carbocycles. The van der Waals surface area contributed by atoms with Gasteiger partial charge < -0.3 is 10.1 Å². The molecule has 25 heavy (non-hydrogen) atoms. The van der Waals surface area contributed by atoms with Crippen molar-refractivity contribution in [3.8, 4) is 5.75 Å². The van der Waals surface area contributed by atoms with Gasteiger partial charge >= 0.3 is 0 Å². The van der Waals surface area contributed by atoms with Gasteiger partial charge in [0.05, 0.1) is 6.04 Å². The summed E-state index contributed by atoms with van der Waals surface area (Å²) in [5, 5.41) is 5.07. The standard InChI is InChI=1S/C21H20FNO2/c1-14(16-7-10-19(22)11-8-16)23-21(24)15(2)25-20-12-9-17-5-3-4-6-18(17)13-20/h3-15H,1-2H3,(H,23,24)/t14-,15+/m0/s1. The van der Waals surface area contributed by atoms with Crippen LogP contribution in [0.4, 0.5) is 4.39 Å². The molecule has 0 heterocycles. The molecular formula is C21H20FNO2. The van der Waals surface area contributed by atoms with Crippen LogP contribution < -0.4 is 10.1 Å². The van der Waals surface area contributed by atoms with Crippen molar-refractivity contribution < 1.29 is 13.9 Å². The van der Waals surface area contributed by atoms with E-state index in [0.29, 0.717) is 5.75 Å². The van der Waals surface area contributed by atoms with E-state index in [4.69, 9.17) is 4.74 Å². The maximum absolute atomic E-state index is 13.0. The average molecular weight is 337 g/mol. The Morgan fingerprint density at radius 2 is 1.64 bits per heavy atom. The van der Waals surface area contributed by atoms with Gasteiger partial charge in [0.1, 0.15) is 11.6 Å². The molecule has 0 aliphatic carbocycles. The van der Waals surface area contributed by atoms with Crippen molar-refractivity contribution >= 4 is 16.7 Å². The summed E-state index contributed by atoms with van der Waals surface area (Å²) in [6.45, 7) is 3.57. The van der Waals surface area contributed by atoms with Gasteiger partial charge in [0.15, 0.2) is 6.10 Å². The topological polar surface area (TPSA) is 38.3 Å². The van der Waals surface area contributed by atoms with Gasteiger partial charge in [-0.2, -0.15) is 0 Å². The molecular weight excluding hydrogens is 317 g/mol. The molecule has 0 aromatic heterocycles. The number of fused-ring (bicyclic) bond motifs is 1. The number of benzene rings is 3. The van der Waals surface area contributed by atoms with Crippen molar-refractivity contribution in [1.82, 2.24) is 5.32 Å². The van der Waals surface area contributed by atoms with Crippen molar-refractivity contribution in [3.63, 3.8) is 0 Å². The predicted molar refractivity (Wildman–Crippen MR) is 97.0 cm³/mol. The fourth-order valence-electron chi connectivity index (χ4n) is 2.66. The van der Waals surface area contributed by atoms with E-state index in [9.17, 15) is 9.18 Å². The molecule has 0 aliphatic heterocycles. The summed E-state index contributed by atoms with van der Waals surface area (Å²) in [6, 6.07) is 19.6. The third kappa shape index (κ3) is 4.15. The molecule has 0 unspecified atom stereocenters. The smallest absolute Gasteiger partial charge is 0.261 e. The largest absolute Gasteiger partial charge is 0.481 e. The highest BCUT2D eigenvalue weighted by Gasteiger charge is 2.18. The Labute approximate surface area is 146 Å². The Balaban J connectivity index is 1.64. The lowest BCUT2D eigenvalue weighted by Gasteiger charge is -2.19. The first-order chi connectivity index (χ1) is 12.0. The molecule has 4 heteroatoms. The summed E-state index contributed by atoms with van der Waals surface area (Å²) < 4.78 is 18.8. The minimum Gasteiger partial charge on any atom is -0.481 e. The lowest BCUT2D eigenvalue weighted by atomic mass is 10.1. The molecule has 0 fully saturated rings. The first kappa shape index (κ1) is 17.0. The number of halogens is 1.